The summed E-state index contributed by atoms with van der Waals surface area (Å²) in [6.07, 6.45) is -18.3. The first-order chi connectivity index (χ1) is 16.2. The molecule has 0 aromatic carbocycles. The Kier molecular flexibility index (Phi) is 8.43. The van der Waals surface area contributed by atoms with Crippen LogP contribution in [-0.4, -0.2) is 48.6 Å². The zero-order valence-corrected chi connectivity index (χ0v) is 21.4. The van der Waals surface area contributed by atoms with Gasteiger partial charge in [-0.15, -0.1) is 0 Å². The minimum absolute atomic E-state index is 0.0868. The van der Waals surface area contributed by atoms with Gasteiger partial charge in [0.25, 0.3) is 6.10 Å². The molecule has 2 fully saturated rings. The number of carbonyl (C=O) groups excluding carboxylic acids is 3. The quantitative estimate of drug-likeness (QED) is 0.175. The molecule has 0 aromatic heterocycles. The Morgan fingerprint density at radius 1 is 1.03 bits per heavy atom. The van der Waals surface area contributed by atoms with Gasteiger partial charge in [-0.3, -0.25) is 14.4 Å². The van der Waals surface area contributed by atoms with Gasteiger partial charge in [0, 0.05) is 5.92 Å². The van der Waals surface area contributed by atoms with E-state index < -0.39 is 71.2 Å². The van der Waals surface area contributed by atoms with Crippen molar-refractivity contribution in [1.82, 2.24) is 0 Å². The second kappa shape index (κ2) is 10.0. The van der Waals surface area contributed by atoms with E-state index in [0.29, 0.717) is 6.42 Å². The molecule has 6 atom stereocenters. The molecule has 1 saturated heterocycles. The number of ether oxygens (including phenoxy) is 3. The van der Waals surface area contributed by atoms with Crippen molar-refractivity contribution in [3.8, 4) is 0 Å². The van der Waals surface area contributed by atoms with Crippen LogP contribution in [0.25, 0.3) is 0 Å². The van der Waals surface area contributed by atoms with Crippen molar-refractivity contribution < 1.29 is 54.9 Å². The third kappa shape index (κ3) is 5.61. The number of halogens is 6. The van der Waals surface area contributed by atoms with E-state index in [1.165, 1.54) is 6.92 Å². The van der Waals surface area contributed by atoms with Crippen LogP contribution in [0.5, 0.6) is 0 Å². The number of rotatable bonds is 8. The number of fused-ring (bicyclic) bond motifs is 1. The summed E-state index contributed by atoms with van der Waals surface area (Å²) in [5.41, 5.74) is -3.24. The summed E-state index contributed by atoms with van der Waals surface area (Å²) in [7, 11) is 0. The largest absolute Gasteiger partial charge is 0.458 e. The fourth-order valence-electron chi connectivity index (χ4n) is 5.42. The standard InChI is InChI=1S/C24H34F6O6/c1-11(2)9-21(7,12(3)4)18(31)34-14(6)16-15-8-13(5)10-22(15,19(32)35-16)20(33)36-17(23(25,26)27)24(28,29)30/h11-17H,8-10H2,1-7H3. The maximum Gasteiger partial charge on any atom is 0.434 e. The summed E-state index contributed by atoms with van der Waals surface area (Å²) in [5.74, 6) is -5.27. The Labute approximate surface area is 206 Å². The van der Waals surface area contributed by atoms with Crippen molar-refractivity contribution in [2.75, 3.05) is 0 Å². The second-order valence-electron chi connectivity index (χ2n) is 11.1. The van der Waals surface area contributed by atoms with Crippen LogP contribution < -0.4 is 0 Å². The fourth-order valence-corrected chi connectivity index (χ4v) is 5.42. The molecule has 0 N–H and O–H groups in total. The summed E-state index contributed by atoms with van der Waals surface area (Å²) < 4.78 is 93.0. The molecule has 12 heteroatoms. The molecule has 0 radical (unpaired) electrons. The molecule has 0 amide bonds. The van der Waals surface area contributed by atoms with Crippen LogP contribution in [0.4, 0.5) is 26.3 Å². The first-order valence-electron chi connectivity index (χ1n) is 11.9. The van der Waals surface area contributed by atoms with Crippen LogP contribution in [0.2, 0.25) is 0 Å². The molecule has 1 aliphatic carbocycles. The lowest BCUT2D eigenvalue weighted by atomic mass is 9.73. The molecule has 2 rings (SSSR count). The van der Waals surface area contributed by atoms with E-state index >= 15 is 0 Å². The minimum atomic E-state index is -5.92. The molecule has 1 aliphatic heterocycles. The van der Waals surface area contributed by atoms with Gasteiger partial charge >= 0.3 is 30.3 Å². The Balaban J connectivity index is 2.34. The van der Waals surface area contributed by atoms with E-state index in [9.17, 15) is 40.7 Å². The van der Waals surface area contributed by atoms with Gasteiger partial charge in [-0.05, 0) is 50.9 Å². The summed E-state index contributed by atoms with van der Waals surface area (Å²) in [6.45, 7) is 12.3. The highest BCUT2D eigenvalue weighted by Crippen LogP contribution is 2.56. The number of alkyl halides is 6. The Morgan fingerprint density at radius 3 is 2.00 bits per heavy atom. The summed E-state index contributed by atoms with van der Waals surface area (Å²) in [4.78, 5) is 38.8. The summed E-state index contributed by atoms with van der Waals surface area (Å²) in [5, 5.41) is 0. The predicted octanol–water partition coefficient (Wildman–Crippen LogP) is 5.62. The van der Waals surface area contributed by atoms with Gasteiger partial charge in [-0.2, -0.15) is 26.3 Å². The topological polar surface area (TPSA) is 78.9 Å². The van der Waals surface area contributed by atoms with E-state index in [0.717, 1.165) is 0 Å². The van der Waals surface area contributed by atoms with E-state index in [-0.39, 0.29) is 24.7 Å². The van der Waals surface area contributed by atoms with Gasteiger partial charge < -0.3 is 14.2 Å². The average Bonchev–Trinajstić information content (AvgIpc) is 3.17. The van der Waals surface area contributed by atoms with Gasteiger partial charge in [0.2, 0.25) is 0 Å². The first-order valence-corrected chi connectivity index (χ1v) is 11.9. The van der Waals surface area contributed by atoms with Crippen molar-refractivity contribution in [2.45, 2.75) is 98.4 Å². The highest BCUT2D eigenvalue weighted by Gasteiger charge is 2.70. The monoisotopic (exact) mass is 532 g/mol. The lowest BCUT2D eigenvalue weighted by Crippen LogP contribution is -2.50. The molecule has 6 nitrogen and oxygen atoms in total. The van der Waals surface area contributed by atoms with Crippen LogP contribution in [0.3, 0.4) is 0 Å². The fraction of sp³-hybridized carbons (Fsp3) is 0.875. The molecule has 2 aliphatic rings. The van der Waals surface area contributed by atoms with Gasteiger partial charge in [0.15, 0.2) is 5.41 Å². The number of hydrogen-bond donors (Lipinski definition) is 0. The Hall–Kier alpha value is -2.01. The third-order valence-electron chi connectivity index (χ3n) is 7.48. The van der Waals surface area contributed by atoms with Crippen molar-refractivity contribution in [3.63, 3.8) is 0 Å². The summed E-state index contributed by atoms with van der Waals surface area (Å²) in [6, 6.07) is 0. The van der Waals surface area contributed by atoms with Crippen LogP contribution in [-0.2, 0) is 28.6 Å². The van der Waals surface area contributed by atoms with Gasteiger partial charge in [0.05, 0.1) is 5.41 Å². The average molecular weight is 533 g/mol. The number of cyclic esters (lactones) is 1. The predicted molar refractivity (Wildman–Crippen MR) is 114 cm³/mol. The maximum absolute atomic E-state index is 13.1. The maximum atomic E-state index is 13.1. The molecule has 36 heavy (non-hydrogen) atoms. The molecule has 1 saturated carbocycles. The molecule has 0 spiro atoms. The molecular formula is C24H34F6O6. The highest BCUT2D eigenvalue weighted by molar-refractivity contribution is 6.02. The van der Waals surface area contributed by atoms with Crippen molar-refractivity contribution >= 4 is 17.9 Å². The highest BCUT2D eigenvalue weighted by atomic mass is 19.4. The van der Waals surface area contributed by atoms with E-state index in [1.807, 2.05) is 27.7 Å². The zero-order chi connectivity index (χ0) is 28.0. The first kappa shape index (κ1) is 30.2. The van der Waals surface area contributed by atoms with Crippen LogP contribution >= 0.6 is 0 Å². The minimum Gasteiger partial charge on any atom is -0.458 e. The second-order valence-corrected chi connectivity index (χ2v) is 11.1. The number of esters is 3. The molecule has 0 aromatic rings. The molecule has 0 bridgehead atoms. The van der Waals surface area contributed by atoms with Gasteiger partial charge in [-0.1, -0.05) is 34.6 Å². The van der Waals surface area contributed by atoms with E-state index in [2.05, 4.69) is 4.74 Å². The van der Waals surface area contributed by atoms with Gasteiger partial charge in [0.1, 0.15) is 12.2 Å². The SMILES string of the molecule is CC(C)CC(C)(C(=O)OC(C)C1OC(=O)C2(C(=O)OC(C(F)(F)F)C(F)(F)F)CC(C)CC12)C(C)C. The van der Waals surface area contributed by atoms with E-state index in [4.69, 9.17) is 9.47 Å². The molecular weight excluding hydrogens is 498 g/mol. The van der Waals surface area contributed by atoms with Crippen molar-refractivity contribution in [1.29, 1.82) is 0 Å². The number of hydrogen-bond acceptors (Lipinski definition) is 6. The third-order valence-corrected chi connectivity index (χ3v) is 7.48. The smallest absolute Gasteiger partial charge is 0.434 e. The number of carbonyl (C=O) groups is 3. The van der Waals surface area contributed by atoms with Crippen molar-refractivity contribution in [2.24, 2.45) is 34.5 Å². The lowest BCUT2D eigenvalue weighted by molar-refractivity contribution is -0.315. The molecule has 208 valence electrons. The van der Waals surface area contributed by atoms with Crippen LogP contribution in [0.1, 0.15) is 67.7 Å². The van der Waals surface area contributed by atoms with Crippen LogP contribution in [0.15, 0.2) is 0 Å². The van der Waals surface area contributed by atoms with Crippen LogP contribution in [0, 0.1) is 34.5 Å². The molecule has 1 heterocycles. The van der Waals surface area contributed by atoms with E-state index in [1.54, 1.807) is 13.8 Å². The van der Waals surface area contributed by atoms with Gasteiger partial charge in [-0.25, -0.2) is 0 Å². The summed E-state index contributed by atoms with van der Waals surface area (Å²) >= 11 is 0. The normalized spacial score (nSPS) is 29.2. The lowest BCUT2D eigenvalue weighted by Gasteiger charge is -2.35. The Bertz CT molecular complexity index is 839. The molecule has 6 unspecified atom stereocenters. The van der Waals surface area contributed by atoms with Crippen molar-refractivity contribution in [3.05, 3.63) is 0 Å². The Morgan fingerprint density at radius 2 is 1.56 bits per heavy atom. The zero-order valence-electron chi connectivity index (χ0n) is 21.4.